The zero-order valence-electron chi connectivity index (χ0n) is 11.3. The Morgan fingerprint density at radius 2 is 2.24 bits per heavy atom. The van der Waals surface area contributed by atoms with Crippen molar-refractivity contribution in [2.24, 2.45) is 5.73 Å². The van der Waals surface area contributed by atoms with Crippen LogP contribution in [0, 0.1) is 0 Å². The number of nitrogens with two attached hydrogens (primary N) is 1. The maximum Gasteiger partial charge on any atom is 0.0767 e. The summed E-state index contributed by atoms with van der Waals surface area (Å²) in [4.78, 5) is 2.43. The van der Waals surface area contributed by atoms with Gasteiger partial charge in [0.2, 0.25) is 0 Å². The highest BCUT2D eigenvalue weighted by Crippen LogP contribution is 2.17. The molecule has 0 spiro atoms. The Hall–Kier alpha value is -0.160. The number of rotatable bonds is 7. The molecule has 1 fully saturated rings. The zero-order valence-corrected chi connectivity index (χ0v) is 11.3. The van der Waals surface area contributed by atoms with Gasteiger partial charge in [0.15, 0.2) is 0 Å². The molecule has 1 saturated heterocycles. The Bertz CT molecular complexity index is 208. The van der Waals surface area contributed by atoms with E-state index in [2.05, 4.69) is 11.8 Å². The lowest BCUT2D eigenvalue weighted by molar-refractivity contribution is -0.0329. The van der Waals surface area contributed by atoms with Crippen molar-refractivity contribution in [3.05, 3.63) is 0 Å². The smallest absolute Gasteiger partial charge is 0.0767 e. The van der Waals surface area contributed by atoms with Crippen LogP contribution in [0.5, 0.6) is 0 Å². The van der Waals surface area contributed by atoms with Crippen molar-refractivity contribution in [2.75, 3.05) is 32.8 Å². The third kappa shape index (κ3) is 4.92. The average molecular weight is 244 g/mol. The lowest BCUT2D eigenvalue weighted by Crippen LogP contribution is -2.43. The van der Waals surface area contributed by atoms with E-state index in [1.807, 2.05) is 6.92 Å². The van der Waals surface area contributed by atoms with Crippen LogP contribution < -0.4 is 5.73 Å². The van der Waals surface area contributed by atoms with Gasteiger partial charge in [0.05, 0.1) is 18.3 Å². The summed E-state index contributed by atoms with van der Waals surface area (Å²) >= 11 is 0. The molecule has 1 aliphatic rings. The molecule has 0 amide bonds. The third-order valence-electron chi connectivity index (χ3n) is 3.83. The monoisotopic (exact) mass is 244 g/mol. The van der Waals surface area contributed by atoms with Crippen molar-refractivity contribution in [2.45, 2.75) is 51.2 Å². The van der Waals surface area contributed by atoms with Gasteiger partial charge in [0, 0.05) is 19.6 Å². The van der Waals surface area contributed by atoms with Crippen molar-refractivity contribution in [1.29, 1.82) is 0 Å². The van der Waals surface area contributed by atoms with Gasteiger partial charge in [-0.05, 0) is 32.2 Å². The fourth-order valence-electron chi connectivity index (χ4n) is 2.29. The summed E-state index contributed by atoms with van der Waals surface area (Å²) in [6, 6.07) is 0. The normalized spacial score (nSPS) is 25.8. The van der Waals surface area contributed by atoms with E-state index in [0.29, 0.717) is 12.6 Å². The van der Waals surface area contributed by atoms with E-state index in [1.165, 1.54) is 0 Å². The summed E-state index contributed by atoms with van der Waals surface area (Å²) in [5, 5.41) is 10.1. The fourth-order valence-corrected chi connectivity index (χ4v) is 2.29. The molecule has 4 nitrogen and oxygen atoms in total. The molecule has 1 aliphatic heterocycles. The van der Waals surface area contributed by atoms with Crippen molar-refractivity contribution >= 4 is 0 Å². The minimum absolute atomic E-state index is 0.365. The quantitative estimate of drug-likeness (QED) is 0.701. The lowest BCUT2D eigenvalue weighted by atomic mass is 9.95. The number of nitrogens with zero attached hydrogens (tertiary/aromatic N) is 1. The van der Waals surface area contributed by atoms with E-state index in [-0.39, 0.29) is 0 Å². The predicted octanol–water partition coefficient (Wildman–Crippen LogP) is 0.977. The first kappa shape index (κ1) is 14.9. The van der Waals surface area contributed by atoms with E-state index in [0.717, 1.165) is 51.9 Å². The number of aliphatic hydroxyl groups is 1. The highest BCUT2D eigenvalue weighted by atomic mass is 16.5. The summed E-state index contributed by atoms with van der Waals surface area (Å²) in [7, 11) is 0. The molecule has 0 radical (unpaired) electrons. The SMILES string of the molecule is CCC1CN(CCCC(O)(CC)CN)CCO1. The first-order valence-corrected chi connectivity index (χ1v) is 6.90. The fraction of sp³-hybridized carbons (Fsp3) is 1.00. The van der Waals surface area contributed by atoms with Gasteiger partial charge in [0.1, 0.15) is 0 Å². The topological polar surface area (TPSA) is 58.7 Å². The van der Waals surface area contributed by atoms with Crippen LogP contribution >= 0.6 is 0 Å². The molecular weight excluding hydrogens is 216 g/mol. The molecule has 2 atom stereocenters. The van der Waals surface area contributed by atoms with Crippen LogP contribution in [0.25, 0.3) is 0 Å². The molecular formula is C13H28N2O2. The summed E-state index contributed by atoms with van der Waals surface area (Å²) in [6.07, 6.45) is 4.03. The molecule has 0 aliphatic carbocycles. The van der Waals surface area contributed by atoms with Crippen LogP contribution in [0.2, 0.25) is 0 Å². The molecule has 0 saturated carbocycles. The summed E-state index contributed by atoms with van der Waals surface area (Å²) in [5.74, 6) is 0. The maximum absolute atomic E-state index is 10.1. The third-order valence-corrected chi connectivity index (χ3v) is 3.83. The second kappa shape index (κ2) is 7.31. The minimum atomic E-state index is -0.656. The molecule has 0 aromatic rings. The van der Waals surface area contributed by atoms with Gasteiger partial charge in [-0.15, -0.1) is 0 Å². The van der Waals surface area contributed by atoms with Crippen molar-refractivity contribution in [3.63, 3.8) is 0 Å². The molecule has 4 heteroatoms. The number of hydrogen-bond donors (Lipinski definition) is 2. The Kier molecular flexibility index (Phi) is 6.41. The van der Waals surface area contributed by atoms with Crippen LogP contribution in [0.3, 0.4) is 0 Å². The van der Waals surface area contributed by atoms with Gasteiger partial charge < -0.3 is 15.6 Å². The highest BCUT2D eigenvalue weighted by Gasteiger charge is 2.23. The standard InChI is InChI=1S/C13H28N2O2/c1-3-12-10-15(8-9-17-12)7-5-6-13(16,4-2)11-14/h12,16H,3-11,14H2,1-2H3. The van der Waals surface area contributed by atoms with Crippen LogP contribution in [0.15, 0.2) is 0 Å². The second-order valence-electron chi connectivity index (χ2n) is 5.09. The molecule has 3 N–H and O–H groups in total. The largest absolute Gasteiger partial charge is 0.389 e. The number of morpholine rings is 1. The molecule has 1 heterocycles. The molecule has 17 heavy (non-hydrogen) atoms. The summed E-state index contributed by atoms with van der Waals surface area (Å²) < 4.78 is 5.64. The Balaban J connectivity index is 2.21. The highest BCUT2D eigenvalue weighted by molar-refractivity contribution is 4.79. The number of ether oxygens (including phenoxy) is 1. The van der Waals surface area contributed by atoms with Gasteiger partial charge in [-0.1, -0.05) is 13.8 Å². The van der Waals surface area contributed by atoms with Crippen molar-refractivity contribution in [1.82, 2.24) is 4.90 Å². The molecule has 1 rings (SSSR count). The van der Waals surface area contributed by atoms with Crippen molar-refractivity contribution < 1.29 is 9.84 Å². The minimum Gasteiger partial charge on any atom is -0.389 e. The van der Waals surface area contributed by atoms with E-state index in [1.54, 1.807) is 0 Å². The van der Waals surface area contributed by atoms with E-state index >= 15 is 0 Å². The van der Waals surface area contributed by atoms with Crippen LogP contribution in [-0.4, -0.2) is 54.5 Å². The molecule has 0 aromatic carbocycles. The van der Waals surface area contributed by atoms with Gasteiger partial charge in [-0.2, -0.15) is 0 Å². The average Bonchev–Trinajstić information content (AvgIpc) is 2.39. The first-order chi connectivity index (χ1) is 8.13. The number of hydrogen-bond acceptors (Lipinski definition) is 4. The van der Waals surface area contributed by atoms with E-state index in [4.69, 9.17) is 10.5 Å². The molecule has 2 unspecified atom stereocenters. The molecule has 0 bridgehead atoms. The Morgan fingerprint density at radius 3 is 2.82 bits per heavy atom. The van der Waals surface area contributed by atoms with Gasteiger partial charge in [-0.3, -0.25) is 4.90 Å². The van der Waals surface area contributed by atoms with Gasteiger partial charge in [-0.25, -0.2) is 0 Å². The predicted molar refractivity (Wildman–Crippen MR) is 70.0 cm³/mol. The first-order valence-electron chi connectivity index (χ1n) is 6.90. The van der Waals surface area contributed by atoms with E-state index in [9.17, 15) is 5.11 Å². The van der Waals surface area contributed by atoms with E-state index < -0.39 is 5.60 Å². The van der Waals surface area contributed by atoms with Gasteiger partial charge in [0.25, 0.3) is 0 Å². The Labute approximate surface area is 105 Å². The zero-order chi connectivity index (χ0) is 12.7. The maximum atomic E-state index is 10.1. The second-order valence-corrected chi connectivity index (χ2v) is 5.09. The van der Waals surface area contributed by atoms with Gasteiger partial charge >= 0.3 is 0 Å². The lowest BCUT2D eigenvalue weighted by Gasteiger charge is -2.33. The summed E-state index contributed by atoms with van der Waals surface area (Å²) in [6.45, 7) is 8.46. The van der Waals surface area contributed by atoms with Crippen LogP contribution in [0.4, 0.5) is 0 Å². The molecule has 0 aromatic heterocycles. The van der Waals surface area contributed by atoms with Crippen LogP contribution in [0.1, 0.15) is 39.5 Å². The van der Waals surface area contributed by atoms with Crippen LogP contribution in [-0.2, 0) is 4.74 Å². The Morgan fingerprint density at radius 1 is 1.47 bits per heavy atom. The molecule has 102 valence electrons. The summed E-state index contributed by atoms with van der Waals surface area (Å²) in [5.41, 5.74) is 4.94. The van der Waals surface area contributed by atoms with Crippen molar-refractivity contribution in [3.8, 4) is 0 Å².